The van der Waals surface area contributed by atoms with Crippen molar-refractivity contribution in [2.45, 2.75) is 58.5 Å². The lowest BCUT2D eigenvalue weighted by Gasteiger charge is -2.19. The summed E-state index contributed by atoms with van der Waals surface area (Å²) in [7, 11) is 0. The zero-order chi connectivity index (χ0) is 28.9. The standard InChI is InChI=1S/C38H36N2O2/c1-26-8-5-12-34(22-15-26)42-38(41)30-19-16-29(17-20-30)31-11-4-3-10-28-18-21-32(25-33(28)24-31)35-13-7-23-39-37(35)36-14-6-9-27(2)40-36/h3,6-9,11,14,16-21,23-25,34,39H,4-5,12-13,15,22H2,1-2H3/b31-11+,33-24-/t10?,34-/m0/s1. The number of hydrogen-bond donors (Lipinski definition) is 1. The lowest BCUT2D eigenvalue weighted by atomic mass is 9.94. The van der Waals surface area contributed by atoms with Crippen molar-refractivity contribution < 1.29 is 9.53 Å². The van der Waals surface area contributed by atoms with Crippen LogP contribution in [0.1, 0.15) is 78.3 Å². The lowest BCUT2D eigenvalue weighted by Crippen LogP contribution is -2.25. The number of nitrogens with zero attached hydrogens (tertiary/aromatic N) is 1. The van der Waals surface area contributed by atoms with Crippen molar-refractivity contribution in [2.24, 2.45) is 0 Å². The molecule has 0 saturated heterocycles. The molecule has 6 rings (SSSR count). The maximum absolute atomic E-state index is 12.9. The van der Waals surface area contributed by atoms with Gasteiger partial charge in [-0.3, -0.25) is 4.98 Å². The van der Waals surface area contributed by atoms with Crippen LogP contribution in [0, 0.1) is 6.92 Å². The zero-order valence-corrected chi connectivity index (χ0v) is 24.3. The summed E-state index contributed by atoms with van der Waals surface area (Å²) in [5.74, 6) is -0.239. The van der Waals surface area contributed by atoms with Crippen LogP contribution in [0.3, 0.4) is 0 Å². The number of nitrogens with one attached hydrogen (secondary N) is 1. The number of allylic oxidation sites excluding steroid dienone is 7. The number of esters is 1. The molecule has 2 aliphatic carbocycles. The summed E-state index contributed by atoms with van der Waals surface area (Å²) in [4.78, 5) is 17.7. The monoisotopic (exact) mass is 552 g/mol. The molecule has 1 N–H and O–H groups in total. The van der Waals surface area contributed by atoms with Crippen molar-refractivity contribution in [3.05, 3.63) is 135 Å². The predicted molar refractivity (Wildman–Crippen MR) is 171 cm³/mol. The molecular weight excluding hydrogens is 516 g/mol. The van der Waals surface area contributed by atoms with Crippen LogP contribution in [0.2, 0.25) is 0 Å². The highest BCUT2D eigenvalue weighted by atomic mass is 16.5. The second-order valence-electron chi connectivity index (χ2n) is 11.2. The van der Waals surface area contributed by atoms with Gasteiger partial charge >= 0.3 is 5.97 Å². The van der Waals surface area contributed by atoms with E-state index >= 15 is 0 Å². The second-order valence-corrected chi connectivity index (χ2v) is 11.2. The summed E-state index contributed by atoms with van der Waals surface area (Å²) in [6.45, 7) is 4.17. The molecule has 1 aromatic heterocycles. The largest absolute Gasteiger partial charge is 0.459 e. The molecule has 0 amide bonds. The minimum absolute atomic E-state index is 0.0200. The van der Waals surface area contributed by atoms with Crippen molar-refractivity contribution >= 4 is 34.6 Å². The minimum atomic E-state index is -0.239. The van der Waals surface area contributed by atoms with Crippen LogP contribution in [0.5, 0.6) is 0 Å². The topological polar surface area (TPSA) is 51.2 Å². The Kier molecular flexibility index (Phi) is 8.16. The van der Waals surface area contributed by atoms with Gasteiger partial charge in [-0.05, 0) is 135 Å². The van der Waals surface area contributed by atoms with E-state index in [-0.39, 0.29) is 12.1 Å². The van der Waals surface area contributed by atoms with Gasteiger partial charge in [0.05, 0.1) is 17.0 Å². The van der Waals surface area contributed by atoms with Gasteiger partial charge in [-0.25, -0.2) is 4.79 Å². The van der Waals surface area contributed by atoms with Crippen LogP contribution >= 0.6 is 0 Å². The van der Waals surface area contributed by atoms with Gasteiger partial charge in [0.15, 0.2) is 0 Å². The fourth-order valence-corrected chi connectivity index (χ4v) is 5.75. The summed E-state index contributed by atoms with van der Waals surface area (Å²) in [6.07, 6.45) is 18.3. The van der Waals surface area contributed by atoms with Crippen LogP contribution in [-0.4, -0.2) is 17.1 Å². The van der Waals surface area contributed by atoms with Crippen LogP contribution in [0.4, 0.5) is 0 Å². The van der Waals surface area contributed by atoms with E-state index in [1.54, 1.807) is 0 Å². The van der Waals surface area contributed by atoms with E-state index in [1.165, 1.54) is 11.1 Å². The number of carbonyl (C=O) groups excluding carboxylic acids is 1. The van der Waals surface area contributed by atoms with Gasteiger partial charge in [-0.15, -0.1) is 5.73 Å². The molecule has 0 fully saturated rings. The first-order chi connectivity index (χ1) is 20.5. The number of rotatable bonds is 5. The van der Waals surface area contributed by atoms with Gasteiger partial charge in [0, 0.05) is 10.9 Å². The van der Waals surface area contributed by atoms with Gasteiger partial charge in [0.2, 0.25) is 0 Å². The molecule has 3 aliphatic rings. The highest BCUT2D eigenvalue weighted by molar-refractivity contribution is 5.93. The Morgan fingerprint density at radius 1 is 1.00 bits per heavy atom. The number of fused-ring (bicyclic) bond motifs is 1. The highest BCUT2D eigenvalue weighted by Crippen LogP contribution is 2.29. The van der Waals surface area contributed by atoms with Crippen molar-refractivity contribution in [3.63, 3.8) is 0 Å². The molecule has 0 unspecified atom stereocenters. The lowest BCUT2D eigenvalue weighted by molar-refractivity contribution is 0.0269. The van der Waals surface area contributed by atoms with Crippen molar-refractivity contribution in [1.29, 1.82) is 0 Å². The molecule has 0 radical (unpaired) electrons. The fraction of sp³-hybridized carbons (Fsp3) is 0.237. The summed E-state index contributed by atoms with van der Waals surface area (Å²) < 4.78 is 5.87. The molecule has 2 heterocycles. The van der Waals surface area contributed by atoms with Gasteiger partial charge in [0.1, 0.15) is 6.10 Å². The molecule has 0 saturated carbocycles. The molecule has 1 aliphatic heterocycles. The third-order valence-electron chi connectivity index (χ3n) is 8.11. The minimum Gasteiger partial charge on any atom is -0.459 e. The molecule has 0 spiro atoms. The van der Waals surface area contributed by atoms with E-state index in [2.05, 4.69) is 72.6 Å². The van der Waals surface area contributed by atoms with Crippen LogP contribution in [0.25, 0.3) is 28.7 Å². The average Bonchev–Trinajstić information content (AvgIpc) is 3.21. The Hall–Kier alpha value is -4.66. The molecule has 4 nitrogen and oxygen atoms in total. The quantitative estimate of drug-likeness (QED) is 0.273. The molecule has 3 aromatic rings. The smallest absolute Gasteiger partial charge is 0.338 e. The first kappa shape index (κ1) is 27.5. The van der Waals surface area contributed by atoms with E-state index in [1.807, 2.05) is 49.5 Å². The number of carbonyl (C=O) groups is 1. The van der Waals surface area contributed by atoms with Crippen molar-refractivity contribution in [3.8, 4) is 0 Å². The fourth-order valence-electron chi connectivity index (χ4n) is 5.75. The first-order valence-electron chi connectivity index (χ1n) is 14.9. The molecule has 210 valence electrons. The third kappa shape index (κ3) is 6.30. The summed E-state index contributed by atoms with van der Waals surface area (Å²) in [5.41, 5.74) is 13.0. The Bertz CT molecular complexity index is 1800. The Morgan fingerprint density at radius 3 is 2.71 bits per heavy atom. The predicted octanol–water partition coefficient (Wildman–Crippen LogP) is 7.01. The van der Waals surface area contributed by atoms with Crippen molar-refractivity contribution in [1.82, 2.24) is 10.3 Å². The normalized spacial score (nSPS) is 20.2. The van der Waals surface area contributed by atoms with Crippen LogP contribution in [0.15, 0.2) is 96.7 Å². The number of ether oxygens (including phenoxy) is 1. The SMILES string of the molecule is CC1=CCC[C@H](OC(=O)c2ccc(C3=C/CC=C=c4ccc(C5=C(c6cccc(C)n6)NC=CC5)c\c4=C\3)cc2)CC1. The van der Waals surface area contributed by atoms with Gasteiger partial charge in [0.25, 0.3) is 0 Å². The van der Waals surface area contributed by atoms with E-state index < -0.39 is 0 Å². The van der Waals surface area contributed by atoms with E-state index in [0.29, 0.717) is 5.56 Å². The second kappa shape index (κ2) is 12.5. The number of dihydropyridines is 1. The maximum atomic E-state index is 12.9. The third-order valence-corrected chi connectivity index (χ3v) is 8.11. The number of benzene rings is 2. The number of aromatic nitrogens is 1. The summed E-state index contributed by atoms with van der Waals surface area (Å²) in [6, 6.07) is 20.5. The Balaban J connectivity index is 1.29. The van der Waals surface area contributed by atoms with Crippen molar-refractivity contribution in [2.75, 3.05) is 0 Å². The maximum Gasteiger partial charge on any atom is 0.338 e. The zero-order valence-electron chi connectivity index (χ0n) is 24.3. The molecular formula is C38H36N2O2. The van der Waals surface area contributed by atoms with E-state index in [0.717, 1.165) is 82.7 Å². The van der Waals surface area contributed by atoms with E-state index in [9.17, 15) is 4.79 Å². The molecule has 2 aromatic carbocycles. The summed E-state index contributed by atoms with van der Waals surface area (Å²) in [5, 5.41) is 5.61. The van der Waals surface area contributed by atoms with Crippen LogP contribution in [-0.2, 0) is 4.74 Å². The molecule has 42 heavy (non-hydrogen) atoms. The highest BCUT2D eigenvalue weighted by Gasteiger charge is 2.18. The average molecular weight is 553 g/mol. The first-order valence-corrected chi connectivity index (χ1v) is 14.9. The van der Waals surface area contributed by atoms with Gasteiger partial charge in [-0.2, -0.15) is 0 Å². The number of hydrogen-bond acceptors (Lipinski definition) is 4. The summed E-state index contributed by atoms with van der Waals surface area (Å²) >= 11 is 0. The number of pyridine rings is 1. The Labute approximate surface area is 247 Å². The Morgan fingerprint density at radius 2 is 1.86 bits per heavy atom. The van der Waals surface area contributed by atoms with Crippen LogP contribution < -0.4 is 15.8 Å². The number of aryl methyl sites for hydroxylation is 1. The molecule has 0 bridgehead atoms. The molecule has 4 heteroatoms. The van der Waals surface area contributed by atoms with Gasteiger partial charge < -0.3 is 10.1 Å². The van der Waals surface area contributed by atoms with Gasteiger partial charge in [-0.1, -0.05) is 48.1 Å². The molecule has 1 atom stereocenters. The van der Waals surface area contributed by atoms with E-state index in [4.69, 9.17) is 9.72 Å².